The Morgan fingerprint density at radius 3 is 2.13 bits per heavy atom. The number of rotatable bonds is 13. The van der Waals surface area contributed by atoms with Gasteiger partial charge < -0.3 is 9.88 Å². The molecule has 0 radical (unpaired) electrons. The SMILES string of the molecule is CCSCCN(CCSCC)CCC1=CC([Si](C)(C)NC(C)(C)C)c2ccccc21. The lowest BCUT2D eigenvalue weighted by Crippen LogP contribution is -2.57. The molecule has 1 aliphatic carbocycles. The molecule has 0 spiro atoms. The molecule has 170 valence electrons. The number of fused-ring (bicyclic) bond motifs is 1. The van der Waals surface area contributed by atoms with E-state index in [1.807, 2.05) is 0 Å². The van der Waals surface area contributed by atoms with Crippen LogP contribution < -0.4 is 4.98 Å². The molecule has 0 aliphatic heterocycles. The summed E-state index contributed by atoms with van der Waals surface area (Å²) in [5, 5.41) is 0. The first kappa shape index (κ1) is 26.1. The molecule has 1 aromatic carbocycles. The summed E-state index contributed by atoms with van der Waals surface area (Å²) >= 11 is 4.13. The molecule has 1 unspecified atom stereocenters. The highest BCUT2D eigenvalue weighted by Gasteiger charge is 2.39. The monoisotopic (exact) mass is 464 g/mol. The Bertz CT molecular complexity index is 672. The van der Waals surface area contributed by atoms with Crippen molar-refractivity contribution in [3.8, 4) is 0 Å². The van der Waals surface area contributed by atoms with Crippen LogP contribution in [0, 0.1) is 0 Å². The summed E-state index contributed by atoms with van der Waals surface area (Å²) in [6, 6.07) is 9.16. The molecule has 2 nitrogen and oxygen atoms in total. The fourth-order valence-corrected chi connectivity index (χ4v) is 9.68. The highest BCUT2D eigenvalue weighted by atomic mass is 32.2. The van der Waals surface area contributed by atoms with E-state index in [2.05, 4.69) is 111 Å². The lowest BCUT2D eigenvalue weighted by Gasteiger charge is -2.37. The Morgan fingerprint density at radius 2 is 1.57 bits per heavy atom. The molecule has 0 heterocycles. The Morgan fingerprint density at radius 1 is 0.967 bits per heavy atom. The van der Waals surface area contributed by atoms with Gasteiger partial charge in [0.15, 0.2) is 0 Å². The second-order valence-electron chi connectivity index (χ2n) is 9.84. The van der Waals surface area contributed by atoms with Crippen molar-refractivity contribution in [2.75, 3.05) is 42.6 Å². The minimum Gasteiger partial charge on any atom is -0.332 e. The van der Waals surface area contributed by atoms with Crippen molar-refractivity contribution in [1.29, 1.82) is 0 Å². The van der Waals surface area contributed by atoms with Crippen LogP contribution in [0.4, 0.5) is 0 Å². The van der Waals surface area contributed by atoms with Crippen molar-refractivity contribution in [2.24, 2.45) is 0 Å². The van der Waals surface area contributed by atoms with Crippen LogP contribution in [0.2, 0.25) is 13.1 Å². The van der Waals surface area contributed by atoms with Crippen molar-refractivity contribution in [3.05, 3.63) is 41.5 Å². The minimum absolute atomic E-state index is 0.159. The van der Waals surface area contributed by atoms with Crippen molar-refractivity contribution < 1.29 is 0 Å². The van der Waals surface area contributed by atoms with E-state index in [0.717, 1.165) is 0 Å². The van der Waals surface area contributed by atoms with Crippen molar-refractivity contribution >= 4 is 37.3 Å². The molecule has 0 saturated heterocycles. The van der Waals surface area contributed by atoms with Gasteiger partial charge in [-0.1, -0.05) is 57.3 Å². The molecule has 0 aromatic heterocycles. The van der Waals surface area contributed by atoms with Gasteiger partial charge in [-0.05, 0) is 55.4 Å². The third kappa shape index (κ3) is 8.05. The number of hydrogen-bond donors (Lipinski definition) is 1. The van der Waals surface area contributed by atoms with E-state index >= 15 is 0 Å². The molecule has 30 heavy (non-hydrogen) atoms. The Kier molecular flexibility index (Phi) is 10.5. The average Bonchev–Trinajstić information content (AvgIpc) is 3.04. The Hall–Kier alpha value is -0.203. The summed E-state index contributed by atoms with van der Waals surface area (Å²) in [4.78, 5) is 6.70. The molecule has 0 bridgehead atoms. The zero-order valence-electron chi connectivity index (χ0n) is 20.4. The first-order valence-electron chi connectivity index (χ1n) is 11.6. The number of hydrogen-bond acceptors (Lipinski definition) is 4. The van der Waals surface area contributed by atoms with Crippen LogP contribution >= 0.6 is 23.5 Å². The number of nitrogens with one attached hydrogen (secondary N) is 1. The van der Waals surface area contributed by atoms with Gasteiger partial charge in [0, 0.05) is 42.2 Å². The molecule has 2 rings (SSSR count). The van der Waals surface area contributed by atoms with Crippen molar-refractivity contribution in [1.82, 2.24) is 9.88 Å². The van der Waals surface area contributed by atoms with E-state index in [1.165, 1.54) is 54.6 Å². The van der Waals surface area contributed by atoms with Gasteiger partial charge in [0.2, 0.25) is 0 Å². The molecule has 0 saturated carbocycles. The normalized spacial score (nSPS) is 16.8. The van der Waals surface area contributed by atoms with Crippen LogP contribution in [-0.2, 0) is 0 Å². The molecule has 1 aliphatic rings. The third-order valence-corrected chi connectivity index (χ3v) is 10.9. The topological polar surface area (TPSA) is 15.3 Å². The van der Waals surface area contributed by atoms with E-state index in [4.69, 9.17) is 0 Å². The number of allylic oxidation sites excluding steroid dienone is 1. The fourth-order valence-electron chi connectivity index (χ4n) is 4.59. The fraction of sp³-hybridized carbons (Fsp3) is 0.680. The van der Waals surface area contributed by atoms with Gasteiger partial charge in [-0.3, -0.25) is 0 Å². The van der Waals surface area contributed by atoms with E-state index in [-0.39, 0.29) is 5.54 Å². The van der Waals surface area contributed by atoms with Gasteiger partial charge >= 0.3 is 0 Å². The lowest BCUT2D eigenvalue weighted by molar-refractivity contribution is 0.317. The smallest absolute Gasteiger partial charge is 0.131 e. The largest absolute Gasteiger partial charge is 0.332 e. The third-order valence-electron chi connectivity index (χ3n) is 5.69. The molecule has 0 amide bonds. The van der Waals surface area contributed by atoms with Gasteiger partial charge in [0.05, 0.1) is 0 Å². The van der Waals surface area contributed by atoms with Crippen LogP contribution in [0.15, 0.2) is 30.3 Å². The van der Waals surface area contributed by atoms with Crippen LogP contribution in [0.5, 0.6) is 0 Å². The van der Waals surface area contributed by atoms with E-state index in [0.29, 0.717) is 5.54 Å². The predicted molar refractivity (Wildman–Crippen MR) is 145 cm³/mol. The second kappa shape index (κ2) is 12.1. The van der Waals surface area contributed by atoms with E-state index in [9.17, 15) is 0 Å². The number of nitrogens with zero attached hydrogens (tertiary/aromatic N) is 1. The van der Waals surface area contributed by atoms with Gasteiger partial charge in [-0.25, -0.2) is 0 Å². The standard InChI is InChI=1S/C25H44N2S2Si/c1-8-28-18-16-27(17-19-29-9-2)15-14-21-20-24(23-13-11-10-12-22(21)23)30(6,7)26-25(3,4)5/h10-13,20,24,26H,8-9,14-19H2,1-7H3. The number of benzene rings is 1. The first-order valence-corrected chi connectivity index (χ1v) is 17.0. The molecule has 1 atom stereocenters. The van der Waals surface area contributed by atoms with Crippen LogP contribution in [-0.4, -0.2) is 61.3 Å². The maximum atomic E-state index is 4.01. The van der Waals surface area contributed by atoms with Gasteiger partial charge in [-0.2, -0.15) is 23.5 Å². The maximum Gasteiger partial charge on any atom is 0.131 e. The molecule has 0 fully saturated rings. The average molecular weight is 465 g/mol. The summed E-state index contributed by atoms with van der Waals surface area (Å²) in [6.07, 6.45) is 3.79. The van der Waals surface area contributed by atoms with E-state index in [1.54, 1.807) is 11.1 Å². The molecule has 1 N–H and O–H groups in total. The van der Waals surface area contributed by atoms with Crippen molar-refractivity contribution in [3.63, 3.8) is 0 Å². The number of thioether (sulfide) groups is 2. The molecule has 1 aromatic rings. The van der Waals surface area contributed by atoms with Gasteiger partial charge in [0.25, 0.3) is 0 Å². The van der Waals surface area contributed by atoms with Crippen LogP contribution in [0.25, 0.3) is 5.57 Å². The highest BCUT2D eigenvalue weighted by molar-refractivity contribution is 7.99. The summed E-state index contributed by atoms with van der Waals surface area (Å²) in [7, 11) is -1.65. The Labute approximate surface area is 196 Å². The summed E-state index contributed by atoms with van der Waals surface area (Å²) < 4.78 is 0. The lowest BCUT2D eigenvalue weighted by atomic mass is 10.0. The summed E-state index contributed by atoms with van der Waals surface area (Å²) in [5.41, 5.74) is 5.34. The maximum absolute atomic E-state index is 4.01. The van der Waals surface area contributed by atoms with Gasteiger partial charge in [-0.15, -0.1) is 0 Å². The predicted octanol–water partition coefficient (Wildman–Crippen LogP) is 6.50. The zero-order chi connectivity index (χ0) is 22.2. The van der Waals surface area contributed by atoms with E-state index < -0.39 is 8.24 Å². The molecular formula is C25H44N2S2Si. The minimum atomic E-state index is -1.65. The van der Waals surface area contributed by atoms with Crippen LogP contribution in [0.1, 0.15) is 57.7 Å². The first-order chi connectivity index (χ1) is 14.2. The highest BCUT2D eigenvalue weighted by Crippen LogP contribution is 2.42. The van der Waals surface area contributed by atoms with Crippen molar-refractivity contribution in [2.45, 2.75) is 65.2 Å². The molecule has 5 heteroatoms. The van der Waals surface area contributed by atoms with Crippen LogP contribution in [0.3, 0.4) is 0 Å². The summed E-state index contributed by atoms with van der Waals surface area (Å²) in [5.74, 6) is 4.94. The quantitative estimate of drug-likeness (QED) is 0.265. The molecular weight excluding hydrogens is 421 g/mol. The second-order valence-corrected chi connectivity index (χ2v) is 16.9. The Balaban J connectivity index is 2.12. The zero-order valence-corrected chi connectivity index (χ0v) is 23.0. The van der Waals surface area contributed by atoms with Gasteiger partial charge in [0.1, 0.15) is 8.24 Å². The summed E-state index contributed by atoms with van der Waals surface area (Å²) in [6.45, 7) is 20.0.